The van der Waals surface area contributed by atoms with Crippen molar-refractivity contribution in [3.05, 3.63) is 22.4 Å². The first-order valence-corrected chi connectivity index (χ1v) is 5.68. The molecule has 0 aromatic carbocycles. The Hall–Kier alpha value is -0.820. The first kappa shape index (κ1) is 11.3. The first-order chi connectivity index (χ1) is 6.86. The van der Waals surface area contributed by atoms with Gasteiger partial charge < -0.3 is 0 Å². The molecule has 0 bridgehead atoms. The van der Waals surface area contributed by atoms with Gasteiger partial charge in [-0.1, -0.05) is 0 Å². The number of nitrogens with one attached hydrogen (secondary N) is 1. The normalized spacial score (nSPS) is 11.9. The van der Waals surface area contributed by atoms with Crippen LogP contribution in [0.4, 0.5) is 0 Å². The van der Waals surface area contributed by atoms with Crippen molar-refractivity contribution >= 4 is 11.3 Å². The quantitative estimate of drug-likeness (QED) is 0.441. The van der Waals surface area contributed by atoms with Crippen LogP contribution in [0.5, 0.6) is 0 Å². The Morgan fingerprint density at radius 1 is 1.64 bits per heavy atom. The molecule has 0 spiro atoms. The van der Waals surface area contributed by atoms with Crippen LogP contribution in [0, 0.1) is 11.8 Å². The van der Waals surface area contributed by atoms with Gasteiger partial charge in [-0.3, -0.25) is 11.3 Å². The van der Waals surface area contributed by atoms with Crippen molar-refractivity contribution in [1.82, 2.24) is 5.43 Å². The maximum Gasteiger partial charge on any atom is 0.0260 e. The zero-order valence-corrected chi connectivity index (χ0v) is 9.23. The molecule has 0 aliphatic carbocycles. The van der Waals surface area contributed by atoms with Gasteiger partial charge in [0.05, 0.1) is 0 Å². The maximum absolute atomic E-state index is 5.48. The summed E-state index contributed by atoms with van der Waals surface area (Å²) in [4.78, 5) is 0. The molecule has 1 aromatic rings. The second-order valence-electron chi connectivity index (χ2n) is 3.16. The van der Waals surface area contributed by atoms with Crippen LogP contribution in [-0.4, -0.2) is 6.04 Å². The van der Waals surface area contributed by atoms with Crippen LogP contribution in [-0.2, 0) is 6.42 Å². The largest absolute Gasteiger partial charge is 0.271 e. The van der Waals surface area contributed by atoms with E-state index in [1.807, 2.05) is 6.92 Å². The summed E-state index contributed by atoms with van der Waals surface area (Å²) in [5, 5.41) is 4.25. The van der Waals surface area contributed by atoms with Crippen LogP contribution in [0.2, 0.25) is 0 Å². The van der Waals surface area contributed by atoms with Crippen LogP contribution >= 0.6 is 11.3 Å². The van der Waals surface area contributed by atoms with E-state index in [0.717, 1.165) is 19.3 Å². The monoisotopic (exact) mass is 208 g/mol. The molecule has 1 unspecified atom stereocenters. The van der Waals surface area contributed by atoms with Crippen LogP contribution in [0.3, 0.4) is 0 Å². The maximum atomic E-state index is 5.48. The molecule has 76 valence electrons. The fourth-order valence-corrected chi connectivity index (χ4v) is 1.99. The molecule has 0 saturated heterocycles. The molecule has 2 nitrogen and oxygen atoms in total. The number of hydrazine groups is 1. The van der Waals surface area contributed by atoms with E-state index in [9.17, 15) is 0 Å². The Kier molecular flexibility index (Phi) is 5.31. The van der Waals surface area contributed by atoms with Gasteiger partial charge in [0.25, 0.3) is 0 Å². The lowest BCUT2D eigenvalue weighted by molar-refractivity contribution is 0.498. The summed E-state index contributed by atoms with van der Waals surface area (Å²) in [6.07, 6.45) is 2.91. The topological polar surface area (TPSA) is 38.0 Å². The number of nitrogens with two attached hydrogens (primary N) is 1. The molecular formula is C11H16N2S. The van der Waals surface area contributed by atoms with Gasteiger partial charge in [-0.2, -0.15) is 11.3 Å². The first-order valence-electron chi connectivity index (χ1n) is 4.73. The predicted octanol–water partition coefficient (Wildman–Crippen LogP) is 1.93. The number of thiophene rings is 1. The fraction of sp³-hybridized carbons (Fsp3) is 0.455. The fourth-order valence-electron chi connectivity index (χ4n) is 1.31. The molecular weight excluding hydrogens is 192 g/mol. The molecule has 0 amide bonds. The Balaban J connectivity index is 2.34. The van der Waals surface area contributed by atoms with Crippen LogP contribution in [0.15, 0.2) is 16.8 Å². The molecule has 1 rings (SSSR count). The van der Waals surface area contributed by atoms with E-state index in [-0.39, 0.29) is 0 Å². The predicted molar refractivity (Wildman–Crippen MR) is 61.8 cm³/mol. The number of rotatable bonds is 5. The molecule has 3 heteroatoms. The molecule has 1 heterocycles. The SMILES string of the molecule is CC#CCCC(Cc1ccsc1)NN. The zero-order chi connectivity index (χ0) is 10.2. The minimum atomic E-state index is 0.338. The molecule has 0 saturated carbocycles. The van der Waals surface area contributed by atoms with Crippen molar-refractivity contribution in [2.24, 2.45) is 5.84 Å². The van der Waals surface area contributed by atoms with E-state index < -0.39 is 0 Å². The van der Waals surface area contributed by atoms with Crippen LogP contribution in [0.1, 0.15) is 25.3 Å². The van der Waals surface area contributed by atoms with E-state index in [1.165, 1.54) is 5.56 Å². The Labute approximate surface area is 89.5 Å². The highest BCUT2D eigenvalue weighted by Gasteiger charge is 2.06. The minimum absolute atomic E-state index is 0.338. The summed E-state index contributed by atoms with van der Waals surface area (Å²) < 4.78 is 0. The van der Waals surface area contributed by atoms with Gasteiger partial charge in [0.15, 0.2) is 0 Å². The van der Waals surface area contributed by atoms with Crippen molar-refractivity contribution in [2.45, 2.75) is 32.2 Å². The van der Waals surface area contributed by atoms with Crippen molar-refractivity contribution < 1.29 is 0 Å². The Morgan fingerprint density at radius 3 is 3.07 bits per heavy atom. The average molecular weight is 208 g/mol. The van der Waals surface area contributed by atoms with Crippen LogP contribution < -0.4 is 11.3 Å². The molecule has 0 radical (unpaired) electrons. The molecule has 14 heavy (non-hydrogen) atoms. The lowest BCUT2D eigenvalue weighted by Crippen LogP contribution is -2.36. The lowest BCUT2D eigenvalue weighted by atomic mass is 10.1. The van der Waals surface area contributed by atoms with Gasteiger partial charge in [-0.15, -0.1) is 11.8 Å². The Morgan fingerprint density at radius 2 is 2.50 bits per heavy atom. The van der Waals surface area contributed by atoms with E-state index >= 15 is 0 Å². The summed E-state index contributed by atoms with van der Waals surface area (Å²) in [6.45, 7) is 1.86. The summed E-state index contributed by atoms with van der Waals surface area (Å²) in [5.41, 5.74) is 4.19. The molecule has 3 N–H and O–H groups in total. The third-order valence-electron chi connectivity index (χ3n) is 2.09. The highest BCUT2D eigenvalue weighted by molar-refractivity contribution is 7.07. The summed E-state index contributed by atoms with van der Waals surface area (Å²) >= 11 is 1.72. The van der Waals surface area contributed by atoms with Gasteiger partial charge in [0.1, 0.15) is 0 Å². The molecule has 1 aromatic heterocycles. The van der Waals surface area contributed by atoms with E-state index in [4.69, 9.17) is 5.84 Å². The molecule has 0 aliphatic heterocycles. The molecule has 0 aliphatic rings. The third-order valence-corrected chi connectivity index (χ3v) is 2.82. The number of hydrogen-bond donors (Lipinski definition) is 2. The summed E-state index contributed by atoms with van der Waals surface area (Å²) in [7, 11) is 0. The standard InChI is InChI=1S/C11H16N2S/c1-2-3-4-5-11(13-12)8-10-6-7-14-9-10/h6-7,9,11,13H,4-5,8,12H2,1H3. The molecule has 0 fully saturated rings. The van der Waals surface area contributed by atoms with Gasteiger partial charge in [-0.05, 0) is 42.2 Å². The van der Waals surface area contributed by atoms with E-state index in [0.29, 0.717) is 6.04 Å². The summed E-state index contributed by atoms with van der Waals surface area (Å²) in [6, 6.07) is 2.48. The van der Waals surface area contributed by atoms with Crippen molar-refractivity contribution in [1.29, 1.82) is 0 Å². The highest BCUT2D eigenvalue weighted by atomic mass is 32.1. The van der Waals surface area contributed by atoms with E-state index in [2.05, 4.69) is 34.1 Å². The van der Waals surface area contributed by atoms with Crippen LogP contribution in [0.25, 0.3) is 0 Å². The third kappa shape index (κ3) is 3.93. The van der Waals surface area contributed by atoms with Gasteiger partial charge in [0.2, 0.25) is 0 Å². The highest BCUT2D eigenvalue weighted by Crippen LogP contribution is 2.10. The Bertz CT molecular complexity index is 295. The average Bonchev–Trinajstić information content (AvgIpc) is 2.69. The minimum Gasteiger partial charge on any atom is -0.271 e. The van der Waals surface area contributed by atoms with Gasteiger partial charge in [0, 0.05) is 12.5 Å². The van der Waals surface area contributed by atoms with Crippen molar-refractivity contribution in [3.8, 4) is 11.8 Å². The van der Waals surface area contributed by atoms with Gasteiger partial charge in [-0.25, -0.2) is 0 Å². The smallest absolute Gasteiger partial charge is 0.0260 e. The summed E-state index contributed by atoms with van der Waals surface area (Å²) in [5.74, 6) is 11.4. The van der Waals surface area contributed by atoms with E-state index in [1.54, 1.807) is 11.3 Å². The molecule has 1 atom stereocenters. The number of hydrogen-bond acceptors (Lipinski definition) is 3. The zero-order valence-electron chi connectivity index (χ0n) is 8.42. The second kappa shape index (κ2) is 6.61. The lowest BCUT2D eigenvalue weighted by Gasteiger charge is -2.13. The van der Waals surface area contributed by atoms with Crippen molar-refractivity contribution in [3.63, 3.8) is 0 Å². The second-order valence-corrected chi connectivity index (χ2v) is 3.94. The van der Waals surface area contributed by atoms with Crippen molar-refractivity contribution in [2.75, 3.05) is 0 Å². The van der Waals surface area contributed by atoms with Gasteiger partial charge >= 0.3 is 0 Å².